The summed E-state index contributed by atoms with van der Waals surface area (Å²) in [6, 6.07) is 8.13. The number of nitrogens with zero attached hydrogens (tertiary/aromatic N) is 2. The molecule has 0 saturated carbocycles. The summed E-state index contributed by atoms with van der Waals surface area (Å²) in [4.78, 5) is 5.61. The molecule has 2 aromatic rings. The number of benzene rings is 1. The third-order valence-corrected chi connectivity index (χ3v) is 4.83. The fourth-order valence-electron chi connectivity index (χ4n) is 1.66. The second kappa shape index (κ2) is 5.42. The van der Waals surface area contributed by atoms with Gasteiger partial charge in [0.2, 0.25) is 5.89 Å². The predicted molar refractivity (Wildman–Crippen MR) is 73.6 cm³/mol. The lowest BCUT2D eigenvalue weighted by molar-refractivity contribution is 0.306. The van der Waals surface area contributed by atoms with Crippen LogP contribution in [0.2, 0.25) is 0 Å². The van der Waals surface area contributed by atoms with E-state index in [9.17, 15) is 0 Å². The van der Waals surface area contributed by atoms with Gasteiger partial charge in [0.25, 0.3) is 0 Å². The topological polar surface area (TPSA) is 51.0 Å². The Kier molecular flexibility index (Phi) is 3.67. The predicted octanol–water partition coefficient (Wildman–Crippen LogP) is 2.81. The van der Waals surface area contributed by atoms with Gasteiger partial charge in [-0.2, -0.15) is 4.98 Å². The van der Waals surface area contributed by atoms with E-state index in [1.807, 2.05) is 18.2 Å². The van der Waals surface area contributed by atoms with E-state index in [0.717, 1.165) is 35.0 Å². The van der Waals surface area contributed by atoms with E-state index >= 15 is 0 Å². The van der Waals surface area contributed by atoms with Gasteiger partial charge in [0, 0.05) is 22.5 Å². The van der Waals surface area contributed by atoms with Crippen LogP contribution in [-0.2, 0) is 5.75 Å². The molecule has 4 nitrogen and oxygen atoms in total. The van der Waals surface area contributed by atoms with Gasteiger partial charge in [-0.15, -0.1) is 11.8 Å². The van der Waals surface area contributed by atoms with Crippen LogP contribution in [-0.4, -0.2) is 23.2 Å². The molecule has 1 saturated heterocycles. The summed E-state index contributed by atoms with van der Waals surface area (Å²) in [5.41, 5.74) is 0. The molecule has 94 valence electrons. The molecule has 1 fully saturated rings. The summed E-state index contributed by atoms with van der Waals surface area (Å²) in [7, 11) is 0. The first-order valence-electron chi connectivity index (χ1n) is 5.73. The highest BCUT2D eigenvalue weighted by molar-refractivity contribution is 9.10. The van der Waals surface area contributed by atoms with Crippen molar-refractivity contribution in [3.63, 3.8) is 0 Å². The Hall–Kier alpha value is -0.850. The normalized spacial score (nSPS) is 15.6. The van der Waals surface area contributed by atoms with Crippen LogP contribution in [0.4, 0.5) is 0 Å². The van der Waals surface area contributed by atoms with Gasteiger partial charge < -0.3 is 9.84 Å². The highest BCUT2D eigenvalue weighted by atomic mass is 79.9. The fraction of sp³-hybridized carbons (Fsp3) is 0.333. The van der Waals surface area contributed by atoms with Gasteiger partial charge in [-0.3, -0.25) is 0 Å². The molecule has 0 atom stereocenters. The van der Waals surface area contributed by atoms with E-state index in [0.29, 0.717) is 5.92 Å². The largest absolute Gasteiger partial charge is 0.339 e. The molecule has 2 heterocycles. The van der Waals surface area contributed by atoms with E-state index in [1.165, 1.54) is 4.90 Å². The Morgan fingerprint density at radius 2 is 2.22 bits per heavy atom. The quantitative estimate of drug-likeness (QED) is 0.876. The van der Waals surface area contributed by atoms with Gasteiger partial charge in [-0.25, -0.2) is 0 Å². The first kappa shape index (κ1) is 12.2. The number of thioether (sulfide) groups is 1. The molecule has 3 rings (SSSR count). The maximum Gasteiger partial charge on any atom is 0.232 e. The lowest BCUT2D eigenvalue weighted by atomic mass is 10.0. The number of rotatable bonds is 4. The highest BCUT2D eigenvalue weighted by Gasteiger charge is 2.24. The Morgan fingerprint density at radius 3 is 2.94 bits per heavy atom. The third-order valence-electron chi connectivity index (χ3n) is 2.81. The average molecular weight is 326 g/mol. The Labute approximate surface area is 118 Å². The molecule has 18 heavy (non-hydrogen) atoms. The standard InChI is InChI=1S/C12H12BrN3OS/c13-9-3-1-2-4-10(9)18-7-11-15-12(17-16-11)8-5-14-6-8/h1-4,8,14H,5-7H2. The molecule has 1 aromatic heterocycles. The maximum absolute atomic E-state index is 5.26. The summed E-state index contributed by atoms with van der Waals surface area (Å²) in [6.07, 6.45) is 0. The minimum absolute atomic E-state index is 0.403. The van der Waals surface area contributed by atoms with Crippen LogP contribution in [0, 0.1) is 0 Å². The molecule has 0 spiro atoms. The minimum atomic E-state index is 0.403. The lowest BCUT2D eigenvalue weighted by Gasteiger charge is -2.22. The zero-order chi connectivity index (χ0) is 12.4. The Morgan fingerprint density at radius 1 is 1.39 bits per heavy atom. The highest BCUT2D eigenvalue weighted by Crippen LogP contribution is 2.29. The zero-order valence-corrected chi connectivity index (χ0v) is 12.0. The second-order valence-corrected chi connectivity index (χ2v) is 5.99. The van der Waals surface area contributed by atoms with Crippen LogP contribution < -0.4 is 5.32 Å². The molecule has 6 heteroatoms. The molecular weight excluding hydrogens is 314 g/mol. The van der Waals surface area contributed by atoms with Crippen molar-refractivity contribution in [1.29, 1.82) is 0 Å². The van der Waals surface area contributed by atoms with Gasteiger partial charge in [0.05, 0.1) is 11.7 Å². The van der Waals surface area contributed by atoms with Gasteiger partial charge in [0.1, 0.15) is 0 Å². The molecule has 0 bridgehead atoms. The van der Waals surface area contributed by atoms with E-state index in [1.54, 1.807) is 11.8 Å². The van der Waals surface area contributed by atoms with Crippen molar-refractivity contribution in [2.75, 3.05) is 13.1 Å². The van der Waals surface area contributed by atoms with Crippen LogP contribution in [0.5, 0.6) is 0 Å². The summed E-state index contributed by atoms with van der Waals surface area (Å²) in [6.45, 7) is 1.89. The Balaban J connectivity index is 1.63. The minimum Gasteiger partial charge on any atom is -0.339 e. The number of hydrogen-bond donors (Lipinski definition) is 1. The molecule has 1 aromatic carbocycles. The first-order valence-corrected chi connectivity index (χ1v) is 7.51. The van der Waals surface area contributed by atoms with Crippen LogP contribution >= 0.6 is 27.7 Å². The van der Waals surface area contributed by atoms with E-state index in [4.69, 9.17) is 4.52 Å². The number of nitrogens with one attached hydrogen (secondary N) is 1. The molecule has 0 radical (unpaired) electrons. The van der Waals surface area contributed by atoms with E-state index < -0.39 is 0 Å². The third kappa shape index (κ3) is 2.60. The molecular formula is C12H12BrN3OS. The van der Waals surface area contributed by atoms with Crippen molar-refractivity contribution in [3.05, 3.63) is 40.5 Å². The smallest absolute Gasteiger partial charge is 0.232 e. The number of hydrogen-bond acceptors (Lipinski definition) is 5. The lowest BCUT2D eigenvalue weighted by Crippen LogP contribution is -2.40. The van der Waals surface area contributed by atoms with Crippen LogP contribution in [0.15, 0.2) is 38.2 Å². The summed E-state index contributed by atoms with van der Waals surface area (Å²) >= 11 is 5.23. The van der Waals surface area contributed by atoms with Crippen LogP contribution in [0.25, 0.3) is 0 Å². The monoisotopic (exact) mass is 325 g/mol. The molecule has 0 aliphatic carbocycles. The van der Waals surface area contributed by atoms with Crippen LogP contribution in [0.1, 0.15) is 17.6 Å². The van der Waals surface area contributed by atoms with Crippen molar-refractivity contribution in [2.45, 2.75) is 16.6 Å². The van der Waals surface area contributed by atoms with Crippen molar-refractivity contribution in [2.24, 2.45) is 0 Å². The molecule has 1 aliphatic heterocycles. The molecule has 0 unspecified atom stereocenters. The summed E-state index contributed by atoms with van der Waals surface area (Å²) in [5.74, 6) is 2.65. The first-order chi connectivity index (χ1) is 8.83. The molecule has 1 N–H and O–H groups in total. The van der Waals surface area contributed by atoms with Gasteiger partial charge in [-0.05, 0) is 28.1 Å². The average Bonchev–Trinajstić information content (AvgIpc) is 2.74. The van der Waals surface area contributed by atoms with Crippen molar-refractivity contribution in [1.82, 2.24) is 15.5 Å². The van der Waals surface area contributed by atoms with Crippen molar-refractivity contribution >= 4 is 27.7 Å². The number of aromatic nitrogens is 2. The number of halogens is 1. The molecule has 1 aliphatic rings. The van der Waals surface area contributed by atoms with Gasteiger partial charge in [-0.1, -0.05) is 17.3 Å². The SMILES string of the molecule is Brc1ccccc1SCc1noc(C2CNC2)n1. The van der Waals surface area contributed by atoms with Crippen LogP contribution in [0.3, 0.4) is 0 Å². The van der Waals surface area contributed by atoms with Gasteiger partial charge >= 0.3 is 0 Å². The second-order valence-electron chi connectivity index (χ2n) is 4.12. The van der Waals surface area contributed by atoms with Crippen molar-refractivity contribution in [3.8, 4) is 0 Å². The Bertz CT molecular complexity index is 542. The fourth-order valence-corrected chi connectivity index (χ4v) is 3.07. The maximum atomic E-state index is 5.26. The van der Waals surface area contributed by atoms with Gasteiger partial charge in [0.15, 0.2) is 5.82 Å². The molecule has 0 amide bonds. The van der Waals surface area contributed by atoms with E-state index in [2.05, 4.69) is 37.5 Å². The summed E-state index contributed by atoms with van der Waals surface area (Å²) in [5, 5.41) is 7.21. The van der Waals surface area contributed by atoms with E-state index in [-0.39, 0.29) is 0 Å². The van der Waals surface area contributed by atoms with Crippen molar-refractivity contribution < 1.29 is 4.52 Å². The zero-order valence-electron chi connectivity index (χ0n) is 9.60. The summed E-state index contributed by atoms with van der Waals surface area (Å²) < 4.78 is 6.36.